The van der Waals surface area contributed by atoms with Gasteiger partial charge in [-0.15, -0.1) is 0 Å². The summed E-state index contributed by atoms with van der Waals surface area (Å²) in [7, 11) is 1.20. The molecule has 0 radical (unpaired) electrons. The number of carbonyl (C=O) groups excluding carboxylic acids is 2. The van der Waals surface area contributed by atoms with Crippen molar-refractivity contribution in [3.05, 3.63) is 46.0 Å². The van der Waals surface area contributed by atoms with Crippen LogP contribution in [0.4, 0.5) is 10.5 Å². The second kappa shape index (κ2) is 6.84. The fourth-order valence-electron chi connectivity index (χ4n) is 2.14. The molecule has 0 aliphatic heterocycles. The highest BCUT2D eigenvalue weighted by atomic mass is 16.6. The van der Waals surface area contributed by atoms with E-state index in [4.69, 9.17) is 0 Å². The number of benzene rings is 1. The normalized spacial score (nSPS) is 19.7. The average Bonchev–Trinajstić information content (AvgIpc) is 3.23. The number of rotatable bonds is 5. The zero-order chi connectivity index (χ0) is 16.1. The molecule has 116 valence electrons. The lowest BCUT2D eigenvalue weighted by atomic mass is 10.1. The number of carbonyl (C=O) groups is 2. The number of non-ortho nitro benzene ring substituents is 1. The first-order valence-corrected chi connectivity index (χ1v) is 6.80. The predicted octanol–water partition coefficient (Wildman–Crippen LogP) is 2.52. The second-order valence-electron chi connectivity index (χ2n) is 5.11. The van der Waals surface area contributed by atoms with Crippen molar-refractivity contribution < 1.29 is 19.2 Å². The number of ether oxygens (including phenoxy) is 1. The molecule has 1 saturated carbocycles. The van der Waals surface area contributed by atoms with E-state index in [9.17, 15) is 19.7 Å². The van der Waals surface area contributed by atoms with Gasteiger partial charge in [-0.25, -0.2) is 4.79 Å². The third-order valence-electron chi connectivity index (χ3n) is 3.49. The van der Waals surface area contributed by atoms with Gasteiger partial charge in [-0.3, -0.25) is 20.2 Å². The van der Waals surface area contributed by atoms with E-state index < -0.39 is 11.0 Å². The van der Waals surface area contributed by atoms with Crippen LogP contribution in [-0.2, 0) is 9.53 Å². The van der Waals surface area contributed by atoms with Crippen molar-refractivity contribution in [1.29, 1.82) is 0 Å². The van der Waals surface area contributed by atoms with Gasteiger partial charge in [0.25, 0.3) is 5.69 Å². The zero-order valence-corrected chi connectivity index (χ0v) is 12.0. The number of nitro benzene ring substituents is 1. The molecule has 1 aromatic rings. The Morgan fingerprint density at radius 2 is 2.09 bits per heavy atom. The van der Waals surface area contributed by atoms with Gasteiger partial charge >= 0.3 is 6.09 Å². The van der Waals surface area contributed by atoms with Gasteiger partial charge in [-0.2, -0.15) is 0 Å². The van der Waals surface area contributed by atoms with Crippen molar-refractivity contribution in [2.24, 2.45) is 11.8 Å². The Morgan fingerprint density at radius 1 is 1.41 bits per heavy atom. The lowest BCUT2D eigenvalue weighted by Gasteiger charge is -2.00. The SMILES string of the molecule is COC(=O)NC(=O)CC1CC1/C=C\c1ccc([N+](=O)[O-])cc1. The van der Waals surface area contributed by atoms with Crippen LogP contribution in [0.3, 0.4) is 0 Å². The van der Waals surface area contributed by atoms with E-state index in [-0.39, 0.29) is 23.9 Å². The number of nitro groups is 1. The van der Waals surface area contributed by atoms with Crippen molar-refractivity contribution in [1.82, 2.24) is 5.32 Å². The molecule has 0 bridgehead atoms. The van der Waals surface area contributed by atoms with E-state index in [0.29, 0.717) is 5.92 Å². The van der Waals surface area contributed by atoms with Crippen molar-refractivity contribution in [3.8, 4) is 0 Å². The molecule has 2 rings (SSSR count). The molecular weight excluding hydrogens is 288 g/mol. The largest absolute Gasteiger partial charge is 0.453 e. The van der Waals surface area contributed by atoms with Crippen LogP contribution in [-0.4, -0.2) is 24.0 Å². The number of imide groups is 1. The fourth-order valence-corrected chi connectivity index (χ4v) is 2.14. The number of hydrogen-bond acceptors (Lipinski definition) is 5. The average molecular weight is 304 g/mol. The Balaban J connectivity index is 1.80. The summed E-state index contributed by atoms with van der Waals surface area (Å²) in [5.74, 6) is 0.167. The number of amides is 2. The second-order valence-corrected chi connectivity index (χ2v) is 5.11. The molecular formula is C15H16N2O5. The lowest BCUT2D eigenvalue weighted by Crippen LogP contribution is -2.30. The molecule has 1 N–H and O–H groups in total. The Kier molecular flexibility index (Phi) is 4.88. The number of nitrogens with one attached hydrogen (secondary N) is 1. The minimum Gasteiger partial charge on any atom is -0.453 e. The summed E-state index contributed by atoms with van der Waals surface area (Å²) < 4.78 is 4.35. The molecule has 2 atom stereocenters. The third kappa shape index (κ3) is 4.41. The van der Waals surface area contributed by atoms with E-state index >= 15 is 0 Å². The summed E-state index contributed by atoms with van der Waals surface area (Å²) in [6.07, 6.45) is 4.29. The summed E-state index contributed by atoms with van der Waals surface area (Å²) in [5, 5.41) is 12.7. The van der Waals surface area contributed by atoms with Crippen molar-refractivity contribution in [2.45, 2.75) is 12.8 Å². The maximum absolute atomic E-state index is 11.5. The van der Waals surface area contributed by atoms with Crippen molar-refractivity contribution >= 4 is 23.8 Å². The maximum atomic E-state index is 11.5. The van der Waals surface area contributed by atoms with Crippen LogP contribution in [0.25, 0.3) is 6.08 Å². The Labute approximate surface area is 127 Å². The van der Waals surface area contributed by atoms with Gasteiger partial charge in [0.1, 0.15) is 0 Å². The molecule has 0 aromatic heterocycles. The minimum atomic E-state index is -0.747. The fraction of sp³-hybridized carbons (Fsp3) is 0.333. The van der Waals surface area contributed by atoms with Crippen LogP contribution >= 0.6 is 0 Å². The van der Waals surface area contributed by atoms with Gasteiger partial charge in [-0.05, 0) is 36.0 Å². The van der Waals surface area contributed by atoms with Gasteiger partial charge in [0.15, 0.2) is 0 Å². The Morgan fingerprint density at radius 3 is 2.68 bits per heavy atom. The molecule has 7 heteroatoms. The number of alkyl carbamates (subject to hydrolysis) is 1. The Bertz CT molecular complexity index is 609. The van der Waals surface area contributed by atoms with Crippen LogP contribution in [0.1, 0.15) is 18.4 Å². The molecule has 7 nitrogen and oxygen atoms in total. The highest BCUT2D eigenvalue weighted by Crippen LogP contribution is 2.42. The summed E-state index contributed by atoms with van der Waals surface area (Å²) in [6, 6.07) is 6.26. The molecule has 0 heterocycles. The van der Waals surface area contributed by atoms with E-state index in [1.165, 1.54) is 19.2 Å². The van der Waals surface area contributed by atoms with E-state index in [2.05, 4.69) is 10.1 Å². The van der Waals surface area contributed by atoms with Crippen LogP contribution in [0.2, 0.25) is 0 Å². The molecule has 0 spiro atoms. The number of nitrogens with zero attached hydrogens (tertiary/aromatic N) is 1. The van der Waals surface area contributed by atoms with Gasteiger partial charge in [-0.1, -0.05) is 12.2 Å². The summed E-state index contributed by atoms with van der Waals surface area (Å²) in [4.78, 5) is 32.5. The highest BCUT2D eigenvalue weighted by Gasteiger charge is 2.36. The summed E-state index contributed by atoms with van der Waals surface area (Å²) >= 11 is 0. The van der Waals surface area contributed by atoms with Crippen LogP contribution in [0.15, 0.2) is 30.3 Å². The van der Waals surface area contributed by atoms with Crippen LogP contribution in [0, 0.1) is 22.0 Å². The third-order valence-corrected chi connectivity index (χ3v) is 3.49. The Hall–Kier alpha value is -2.70. The predicted molar refractivity (Wildman–Crippen MR) is 78.9 cm³/mol. The first-order chi connectivity index (χ1) is 10.5. The summed E-state index contributed by atoms with van der Waals surface area (Å²) in [5.41, 5.74) is 0.927. The molecule has 1 aliphatic carbocycles. The van der Waals surface area contributed by atoms with Gasteiger partial charge < -0.3 is 4.74 Å². The minimum absolute atomic E-state index is 0.0564. The van der Waals surface area contributed by atoms with E-state index in [1.807, 2.05) is 12.2 Å². The molecule has 1 fully saturated rings. The molecule has 2 amide bonds. The van der Waals surface area contributed by atoms with E-state index in [1.54, 1.807) is 12.1 Å². The van der Waals surface area contributed by atoms with Crippen molar-refractivity contribution in [2.75, 3.05) is 7.11 Å². The smallest absolute Gasteiger partial charge is 0.413 e. The maximum Gasteiger partial charge on any atom is 0.413 e. The van der Waals surface area contributed by atoms with Crippen LogP contribution in [0.5, 0.6) is 0 Å². The van der Waals surface area contributed by atoms with Gasteiger partial charge in [0.05, 0.1) is 12.0 Å². The molecule has 0 saturated heterocycles. The quantitative estimate of drug-likeness (QED) is 0.665. The molecule has 2 unspecified atom stereocenters. The molecule has 22 heavy (non-hydrogen) atoms. The first kappa shape index (κ1) is 15.7. The monoisotopic (exact) mass is 304 g/mol. The standard InChI is InChI=1S/C15H16N2O5/c1-22-15(19)16-14(18)9-12-8-11(12)5-2-10-3-6-13(7-4-10)17(20)21/h2-7,11-12H,8-9H2,1H3,(H,16,18,19)/b5-2-. The molecule has 1 aromatic carbocycles. The van der Waals surface area contributed by atoms with Gasteiger partial charge in [0, 0.05) is 18.6 Å². The van der Waals surface area contributed by atoms with E-state index in [0.717, 1.165) is 12.0 Å². The van der Waals surface area contributed by atoms with Crippen molar-refractivity contribution in [3.63, 3.8) is 0 Å². The highest BCUT2D eigenvalue weighted by molar-refractivity contribution is 5.91. The number of methoxy groups -OCH3 is 1. The zero-order valence-electron chi connectivity index (χ0n) is 12.0. The number of allylic oxidation sites excluding steroid dienone is 1. The number of hydrogen-bond donors (Lipinski definition) is 1. The molecule has 1 aliphatic rings. The lowest BCUT2D eigenvalue weighted by molar-refractivity contribution is -0.384. The topological polar surface area (TPSA) is 98.5 Å². The summed E-state index contributed by atoms with van der Waals surface area (Å²) in [6.45, 7) is 0. The van der Waals surface area contributed by atoms with Gasteiger partial charge in [0.2, 0.25) is 5.91 Å². The first-order valence-electron chi connectivity index (χ1n) is 6.80. The van der Waals surface area contributed by atoms with Crippen LogP contribution < -0.4 is 5.32 Å².